The first-order valence-corrected chi connectivity index (χ1v) is 7.35. The van der Waals surface area contributed by atoms with Crippen molar-refractivity contribution in [3.63, 3.8) is 0 Å². The van der Waals surface area contributed by atoms with E-state index in [4.69, 9.17) is 0 Å². The molecular formula is C16H27N3O. The van der Waals surface area contributed by atoms with Crippen molar-refractivity contribution >= 4 is 5.91 Å². The van der Waals surface area contributed by atoms with Crippen molar-refractivity contribution in [1.29, 1.82) is 0 Å². The normalized spacial score (nSPS) is 12.4. The Balaban J connectivity index is 2.09. The molecule has 1 amide bonds. The van der Waals surface area contributed by atoms with E-state index in [0.29, 0.717) is 19.1 Å². The lowest BCUT2D eigenvalue weighted by atomic mass is 10.2. The summed E-state index contributed by atoms with van der Waals surface area (Å²) in [5.74, 6) is 0.0417. The van der Waals surface area contributed by atoms with Crippen LogP contribution in [0, 0.1) is 0 Å². The third-order valence-corrected chi connectivity index (χ3v) is 3.60. The number of benzene rings is 1. The van der Waals surface area contributed by atoms with E-state index in [1.54, 1.807) is 0 Å². The van der Waals surface area contributed by atoms with Crippen LogP contribution in [0.25, 0.3) is 0 Å². The fraction of sp³-hybridized carbons (Fsp3) is 0.562. The number of hydrogen-bond donors (Lipinski definition) is 2. The molecule has 0 aliphatic carbocycles. The van der Waals surface area contributed by atoms with Crippen LogP contribution in [-0.2, 0) is 11.3 Å². The second-order valence-corrected chi connectivity index (χ2v) is 5.18. The van der Waals surface area contributed by atoms with Crippen LogP contribution in [0.1, 0.15) is 25.8 Å². The maximum atomic E-state index is 11.7. The van der Waals surface area contributed by atoms with E-state index < -0.39 is 0 Å². The van der Waals surface area contributed by atoms with Gasteiger partial charge in [-0.25, -0.2) is 0 Å². The second kappa shape index (κ2) is 9.50. The summed E-state index contributed by atoms with van der Waals surface area (Å²) in [6, 6.07) is 10.5. The van der Waals surface area contributed by atoms with Crippen LogP contribution in [0.4, 0.5) is 0 Å². The maximum Gasteiger partial charge on any atom is 0.234 e. The molecule has 0 saturated heterocycles. The first-order valence-electron chi connectivity index (χ1n) is 7.35. The van der Waals surface area contributed by atoms with E-state index in [2.05, 4.69) is 36.4 Å². The number of hydrogen-bond acceptors (Lipinski definition) is 3. The van der Waals surface area contributed by atoms with Gasteiger partial charge in [0.25, 0.3) is 0 Å². The number of rotatable bonds is 9. The summed E-state index contributed by atoms with van der Waals surface area (Å²) < 4.78 is 0. The van der Waals surface area contributed by atoms with Gasteiger partial charge in [0, 0.05) is 25.7 Å². The summed E-state index contributed by atoms with van der Waals surface area (Å²) in [6.45, 7) is 7.16. The third-order valence-electron chi connectivity index (χ3n) is 3.60. The fourth-order valence-electron chi connectivity index (χ4n) is 1.85. The molecule has 1 atom stereocenters. The Morgan fingerprint density at radius 3 is 2.65 bits per heavy atom. The zero-order chi connectivity index (χ0) is 14.8. The van der Waals surface area contributed by atoms with Crippen molar-refractivity contribution in [1.82, 2.24) is 15.5 Å². The van der Waals surface area contributed by atoms with Gasteiger partial charge in [0.2, 0.25) is 5.91 Å². The largest absolute Gasteiger partial charge is 0.351 e. The van der Waals surface area contributed by atoms with Crippen LogP contribution in [0.2, 0.25) is 0 Å². The third kappa shape index (κ3) is 6.68. The van der Waals surface area contributed by atoms with Crippen LogP contribution >= 0.6 is 0 Å². The van der Waals surface area contributed by atoms with Gasteiger partial charge in [-0.05, 0) is 26.0 Å². The number of likely N-dealkylation sites (N-methyl/N-ethyl adjacent to an activating group) is 1. The highest BCUT2D eigenvalue weighted by atomic mass is 16.1. The molecule has 2 N–H and O–H groups in total. The zero-order valence-corrected chi connectivity index (χ0v) is 12.9. The molecule has 4 nitrogen and oxygen atoms in total. The molecule has 0 radical (unpaired) electrons. The molecule has 0 fully saturated rings. The molecule has 1 rings (SSSR count). The Hall–Kier alpha value is -1.39. The Bertz CT molecular complexity index is 381. The van der Waals surface area contributed by atoms with Gasteiger partial charge in [0.1, 0.15) is 0 Å². The van der Waals surface area contributed by atoms with Gasteiger partial charge in [-0.2, -0.15) is 0 Å². The summed E-state index contributed by atoms with van der Waals surface area (Å²) in [6.07, 6.45) is 1.15. The molecular weight excluding hydrogens is 250 g/mol. The van der Waals surface area contributed by atoms with E-state index in [1.807, 2.05) is 30.3 Å². The molecule has 0 aliphatic rings. The highest BCUT2D eigenvalue weighted by Gasteiger charge is 2.06. The molecule has 0 saturated carbocycles. The van der Waals surface area contributed by atoms with Crippen molar-refractivity contribution in [3.8, 4) is 0 Å². The van der Waals surface area contributed by atoms with Crippen molar-refractivity contribution < 1.29 is 4.79 Å². The maximum absolute atomic E-state index is 11.7. The first-order chi connectivity index (χ1) is 9.63. The zero-order valence-electron chi connectivity index (χ0n) is 12.9. The molecule has 1 aromatic rings. The molecule has 0 spiro atoms. The predicted octanol–water partition coefficient (Wildman–Crippen LogP) is 1.62. The van der Waals surface area contributed by atoms with E-state index >= 15 is 0 Å². The highest BCUT2D eigenvalue weighted by Crippen LogP contribution is 1.98. The molecule has 112 valence electrons. The predicted molar refractivity (Wildman–Crippen MR) is 83.5 cm³/mol. The van der Waals surface area contributed by atoms with Gasteiger partial charge in [-0.15, -0.1) is 0 Å². The lowest BCUT2D eigenvalue weighted by Crippen LogP contribution is -2.39. The Morgan fingerprint density at radius 1 is 1.30 bits per heavy atom. The smallest absolute Gasteiger partial charge is 0.234 e. The lowest BCUT2D eigenvalue weighted by molar-refractivity contribution is -0.120. The quantitative estimate of drug-likeness (QED) is 0.674. The van der Waals surface area contributed by atoms with Gasteiger partial charge in [0.15, 0.2) is 0 Å². The van der Waals surface area contributed by atoms with Crippen molar-refractivity contribution in [2.75, 3.05) is 26.7 Å². The Labute approximate surface area is 122 Å². The number of amides is 1. The molecule has 0 aromatic heterocycles. The average Bonchev–Trinajstić information content (AvgIpc) is 2.49. The highest BCUT2D eigenvalue weighted by molar-refractivity contribution is 5.77. The van der Waals surface area contributed by atoms with Crippen molar-refractivity contribution in [2.24, 2.45) is 0 Å². The fourth-order valence-corrected chi connectivity index (χ4v) is 1.85. The Morgan fingerprint density at radius 2 is 2.00 bits per heavy atom. The molecule has 1 aromatic carbocycles. The average molecular weight is 277 g/mol. The minimum Gasteiger partial charge on any atom is -0.351 e. The van der Waals surface area contributed by atoms with Crippen LogP contribution in [-0.4, -0.2) is 43.5 Å². The molecule has 1 unspecified atom stereocenters. The topological polar surface area (TPSA) is 44.4 Å². The Kier molecular flexibility index (Phi) is 7.92. The molecule has 4 heteroatoms. The number of nitrogens with zero attached hydrogens (tertiary/aromatic N) is 1. The second-order valence-electron chi connectivity index (χ2n) is 5.18. The van der Waals surface area contributed by atoms with Crippen molar-refractivity contribution in [2.45, 2.75) is 32.9 Å². The standard InChI is InChI=1S/C16H27N3O/c1-4-14(2)19(3)11-10-17-13-16(20)18-12-15-8-6-5-7-9-15/h5-9,14,17H,4,10-13H2,1-3H3,(H,18,20). The summed E-state index contributed by atoms with van der Waals surface area (Å²) in [5.41, 5.74) is 1.12. The van der Waals surface area contributed by atoms with E-state index in [-0.39, 0.29) is 5.91 Å². The van der Waals surface area contributed by atoms with E-state index in [0.717, 1.165) is 25.1 Å². The van der Waals surface area contributed by atoms with Crippen LogP contribution in [0.15, 0.2) is 30.3 Å². The van der Waals surface area contributed by atoms with Gasteiger partial charge in [-0.3, -0.25) is 4.79 Å². The van der Waals surface area contributed by atoms with E-state index in [9.17, 15) is 4.79 Å². The molecule has 0 bridgehead atoms. The monoisotopic (exact) mass is 277 g/mol. The summed E-state index contributed by atoms with van der Waals surface area (Å²) in [7, 11) is 2.12. The molecule has 0 heterocycles. The SMILES string of the molecule is CCC(C)N(C)CCNCC(=O)NCc1ccccc1. The summed E-state index contributed by atoms with van der Waals surface area (Å²) in [5, 5.41) is 6.08. The number of carbonyl (C=O) groups excluding carboxylic acids is 1. The lowest BCUT2D eigenvalue weighted by Gasteiger charge is -2.23. The number of nitrogens with one attached hydrogen (secondary N) is 2. The van der Waals surface area contributed by atoms with Gasteiger partial charge in [-0.1, -0.05) is 37.3 Å². The van der Waals surface area contributed by atoms with E-state index in [1.165, 1.54) is 0 Å². The van der Waals surface area contributed by atoms with Gasteiger partial charge in [0.05, 0.1) is 6.54 Å². The van der Waals surface area contributed by atoms with Gasteiger partial charge >= 0.3 is 0 Å². The minimum atomic E-state index is 0.0417. The molecule has 20 heavy (non-hydrogen) atoms. The number of carbonyl (C=O) groups is 1. The molecule has 0 aliphatic heterocycles. The summed E-state index contributed by atoms with van der Waals surface area (Å²) in [4.78, 5) is 14.0. The van der Waals surface area contributed by atoms with Crippen molar-refractivity contribution in [3.05, 3.63) is 35.9 Å². The van der Waals surface area contributed by atoms with Crippen LogP contribution < -0.4 is 10.6 Å². The summed E-state index contributed by atoms with van der Waals surface area (Å²) >= 11 is 0. The van der Waals surface area contributed by atoms with Gasteiger partial charge < -0.3 is 15.5 Å². The van der Waals surface area contributed by atoms with Crippen LogP contribution in [0.5, 0.6) is 0 Å². The minimum absolute atomic E-state index is 0.0417. The first kappa shape index (κ1) is 16.7. The van der Waals surface area contributed by atoms with Crippen LogP contribution in [0.3, 0.4) is 0 Å².